The molecule has 0 aromatic heterocycles. The number of fused-ring (bicyclic) bond motifs is 2. The number of carbonyl (C=O) groups is 1. The van der Waals surface area contributed by atoms with Crippen LogP contribution in [-0.2, 0) is 6.54 Å². The first-order chi connectivity index (χ1) is 10.6. The second-order valence-electron chi connectivity index (χ2n) is 6.87. The Labute approximate surface area is 133 Å². The molecule has 2 fully saturated rings. The third-order valence-corrected chi connectivity index (χ3v) is 5.16. The van der Waals surface area contributed by atoms with E-state index >= 15 is 0 Å². The van der Waals surface area contributed by atoms with E-state index in [0.717, 1.165) is 30.6 Å². The van der Waals surface area contributed by atoms with E-state index in [9.17, 15) is 4.79 Å². The first-order valence-electron chi connectivity index (χ1n) is 8.46. The molecule has 22 heavy (non-hydrogen) atoms. The molecule has 0 spiro atoms. The average molecular weight is 301 g/mol. The molecule has 2 aliphatic rings. The number of hydrogen-bond acceptors (Lipinski definition) is 3. The van der Waals surface area contributed by atoms with Crippen LogP contribution in [0.1, 0.15) is 49.0 Å². The minimum atomic E-state index is 0.167. The van der Waals surface area contributed by atoms with Crippen LogP contribution in [0.2, 0.25) is 0 Å². The van der Waals surface area contributed by atoms with Gasteiger partial charge in [0.25, 0.3) is 5.91 Å². The summed E-state index contributed by atoms with van der Waals surface area (Å²) < 4.78 is 0. The summed E-state index contributed by atoms with van der Waals surface area (Å²) in [6, 6.07) is 9.48. The topological polar surface area (TPSA) is 49.6 Å². The molecule has 4 nitrogen and oxygen atoms in total. The third-order valence-electron chi connectivity index (χ3n) is 5.16. The Morgan fingerprint density at radius 1 is 1.18 bits per heavy atom. The molecule has 1 amide bonds. The second kappa shape index (κ2) is 6.39. The summed E-state index contributed by atoms with van der Waals surface area (Å²) in [5.41, 5.74) is 7.47. The van der Waals surface area contributed by atoms with Gasteiger partial charge in [0.05, 0.1) is 0 Å². The van der Waals surface area contributed by atoms with Crippen LogP contribution in [0.5, 0.6) is 0 Å². The van der Waals surface area contributed by atoms with Crippen LogP contribution in [0.4, 0.5) is 0 Å². The predicted octanol–water partition coefficient (Wildman–Crippen LogP) is 2.23. The molecule has 1 aromatic carbocycles. The SMILES string of the molecule is CC(C)N1C2CCC1CN(C(=O)c1ccc(CN)cc1)CC2. The summed E-state index contributed by atoms with van der Waals surface area (Å²) in [6.07, 6.45) is 3.61. The third kappa shape index (κ3) is 2.90. The lowest BCUT2D eigenvalue weighted by Gasteiger charge is -2.32. The van der Waals surface area contributed by atoms with Gasteiger partial charge in [-0.05, 0) is 50.8 Å². The molecule has 2 aliphatic heterocycles. The van der Waals surface area contributed by atoms with Crippen molar-refractivity contribution >= 4 is 5.91 Å². The number of hydrogen-bond donors (Lipinski definition) is 1. The number of amides is 1. The molecule has 2 saturated heterocycles. The quantitative estimate of drug-likeness (QED) is 0.931. The van der Waals surface area contributed by atoms with Crippen molar-refractivity contribution in [2.45, 2.75) is 57.8 Å². The number of benzene rings is 1. The van der Waals surface area contributed by atoms with E-state index in [1.165, 1.54) is 12.8 Å². The maximum absolute atomic E-state index is 12.8. The molecule has 2 heterocycles. The zero-order valence-corrected chi connectivity index (χ0v) is 13.7. The molecule has 1 aromatic rings. The number of likely N-dealkylation sites (tertiary alicyclic amines) is 1. The van der Waals surface area contributed by atoms with E-state index in [2.05, 4.69) is 23.6 Å². The molecule has 2 N–H and O–H groups in total. The van der Waals surface area contributed by atoms with Crippen molar-refractivity contribution in [3.8, 4) is 0 Å². The van der Waals surface area contributed by atoms with Crippen LogP contribution >= 0.6 is 0 Å². The highest BCUT2D eigenvalue weighted by Gasteiger charge is 2.39. The van der Waals surface area contributed by atoms with Crippen molar-refractivity contribution < 1.29 is 4.79 Å². The highest BCUT2D eigenvalue weighted by Crippen LogP contribution is 2.32. The van der Waals surface area contributed by atoms with Gasteiger partial charge in [0.1, 0.15) is 0 Å². The van der Waals surface area contributed by atoms with Crippen LogP contribution in [-0.4, -0.2) is 46.9 Å². The molecule has 0 aliphatic carbocycles. The molecule has 0 saturated carbocycles. The lowest BCUT2D eigenvalue weighted by molar-refractivity contribution is 0.0728. The molecular formula is C18H27N3O. The van der Waals surface area contributed by atoms with Gasteiger partial charge in [-0.1, -0.05) is 12.1 Å². The molecule has 3 rings (SSSR count). The van der Waals surface area contributed by atoms with Crippen molar-refractivity contribution in [3.63, 3.8) is 0 Å². The van der Waals surface area contributed by atoms with E-state index in [1.807, 2.05) is 24.3 Å². The molecular weight excluding hydrogens is 274 g/mol. The Balaban J connectivity index is 1.73. The molecule has 2 bridgehead atoms. The molecule has 4 heteroatoms. The normalized spacial score (nSPS) is 25.5. The summed E-state index contributed by atoms with van der Waals surface area (Å²) in [4.78, 5) is 17.5. The summed E-state index contributed by atoms with van der Waals surface area (Å²) >= 11 is 0. The van der Waals surface area contributed by atoms with Crippen LogP contribution in [0, 0.1) is 0 Å². The van der Waals surface area contributed by atoms with Gasteiger partial charge in [-0.2, -0.15) is 0 Å². The van der Waals surface area contributed by atoms with E-state index in [4.69, 9.17) is 5.73 Å². The van der Waals surface area contributed by atoms with Crippen molar-refractivity contribution in [1.29, 1.82) is 0 Å². The standard InChI is InChI=1S/C18H27N3O/c1-13(2)21-16-7-8-17(21)12-20(10-9-16)18(22)15-5-3-14(11-19)4-6-15/h3-6,13,16-17H,7-12,19H2,1-2H3. The van der Waals surface area contributed by atoms with E-state index in [-0.39, 0.29) is 5.91 Å². The summed E-state index contributed by atoms with van der Waals surface area (Å²) in [5, 5.41) is 0. The predicted molar refractivity (Wildman–Crippen MR) is 88.6 cm³/mol. The Morgan fingerprint density at radius 2 is 1.86 bits per heavy atom. The lowest BCUT2D eigenvalue weighted by Crippen LogP contribution is -2.44. The fourth-order valence-electron chi connectivity index (χ4n) is 4.10. The average Bonchev–Trinajstić information content (AvgIpc) is 2.81. The smallest absolute Gasteiger partial charge is 0.253 e. The maximum Gasteiger partial charge on any atom is 0.253 e. The maximum atomic E-state index is 12.8. The van der Waals surface area contributed by atoms with Crippen LogP contribution in [0.25, 0.3) is 0 Å². The van der Waals surface area contributed by atoms with Crippen LogP contribution in [0.3, 0.4) is 0 Å². The summed E-state index contributed by atoms with van der Waals surface area (Å²) in [7, 11) is 0. The van der Waals surface area contributed by atoms with Gasteiger partial charge in [-0.25, -0.2) is 0 Å². The van der Waals surface area contributed by atoms with Gasteiger partial charge in [0, 0.05) is 43.3 Å². The Morgan fingerprint density at radius 3 is 2.50 bits per heavy atom. The zero-order chi connectivity index (χ0) is 15.7. The van der Waals surface area contributed by atoms with E-state index in [1.54, 1.807) is 0 Å². The monoisotopic (exact) mass is 301 g/mol. The first kappa shape index (κ1) is 15.5. The number of nitrogens with two attached hydrogens (primary N) is 1. The Kier molecular flexibility index (Phi) is 4.50. The highest BCUT2D eigenvalue weighted by molar-refractivity contribution is 5.94. The van der Waals surface area contributed by atoms with Gasteiger partial charge >= 0.3 is 0 Å². The fraction of sp³-hybridized carbons (Fsp3) is 0.611. The largest absolute Gasteiger partial charge is 0.337 e. The molecule has 2 atom stereocenters. The van der Waals surface area contributed by atoms with Gasteiger partial charge in [0.15, 0.2) is 0 Å². The zero-order valence-electron chi connectivity index (χ0n) is 13.7. The minimum absolute atomic E-state index is 0.167. The van der Waals surface area contributed by atoms with Crippen molar-refractivity contribution in [2.24, 2.45) is 5.73 Å². The van der Waals surface area contributed by atoms with E-state index < -0.39 is 0 Å². The van der Waals surface area contributed by atoms with Crippen LogP contribution in [0.15, 0.2) is 24.3 Å². The number of carbonyl (C=O) groups excluding carboxylic acids is 1. The van der Waals surface area contributed by atoms with Crippen molar-refractivity contribution in [1.82, 2.24) is 9.80 Å². The molecule has 120 valence electrons. The molecule has 2 unspecified atom stereocenters. The minimum Gasteiger partial charge on any atom is -0.337 e. The first-order valence-corrected chi connectivity index (χ1v) is 8.46. The lowest BCUT2D eigenvalue weighted by atomic mass is 10.1. The van der Waals surface area contributed by atoms with Crippen molar-refractivity contribution in [2.75, 3.05) is 13.1 Å². The van der Waals surface area contributed by atoms with E-state index in [0.29, 0.717) is 24.7 Å². The van der Waals surface area contributed by atoms with Gasteiger partial charge in [-0.3, -0.25) is 9.69 Å². The fourth-order valence-corrected chi connectivity index (χ4v) is 4.10. The number of rotatable bonds is 3. The summed E-state index contributed by atoms with van der Waals surface area (Å²) in [5.74, 6) is 0.167. The van der Waals surface area contributed by atoms with Gasteiger partial charge in [0.2, 0.25) is 0 Å². The Bertz CT molecular complexity index is 526. The van der Waals surface area contributed by atoms with Gasteiger partial charge in [-0.15, -0.1) is 0 Å². The van der Waals surface area contributed by atoms with Crippen molar-refractivity contribution in [3.05, 3.63) is 35.4 Å². The highest BCUT2D eigenvalue weighted by atomic mass is 16.2. The number of nitrogens with zero attached hydrogens (tertiary/aromatic N) is 2. The second-order valence-corrected chi connectivity index (χ2v) is 6.87. The van der Waals surface area contributed by atoms with Gasteiger partial charge < -0.3 is 10.6 Å². The molecule has 0 radical (unpaired) electrons. The Hall–Kier alpha value is -1.39. The van der Waals surface area contributed by atoms with Crippen LogP contribution < -0.4 is 5.73 Å². The summed E-state index contributed by atoms with van der Waals surface area (Å²) in [6.45, 7) is 6.81.